The highest BCUT2D eigenvalue weighted by molar-refractivity contribution is 5.91. The molecule has 2 amide bonds. The van der Waals surface area contributed by atoms with Crippen LogP contribution in [0.2, 0.25) is 0 Å². The van der Waals surface area contributed by atoms with Crippen LogP contribution in [-0.2, 0) is 30.3 Å². The quantitative estimate of drug-likeness (QED) is 0.225. The van der Waals surface area contributed by atoms with Gasteiger partial charge in [-0.15, -0.1) is 0 Å². The van der Waals surface area contributed by atoms with E-state index in [0.29, 0.717) is 5.56 Å². The molecule has 0 aromatic heterocycles. The minimum atomic E-state index is -1.65. The number of hydrogen-bond donors (Lipinski definition) is 3. The van der Waals surface area contributed by atoms with E-state index in [-0.39, 0.29) is 24.3 Å². The van der Waals surface area contributed by atoms with Gasteiger partial charge in [-0.3, -0.25) is 24.5 Å². The predicted octanol–water partition coefficient (Wildman–Crippen LogP) is 2.09. The minimum Gasteiger partial charge on any atom is -0.480 e. The Kier molecular flexibility index (Phi) is 10.0. The summed E-state index contributed by atoms with van der Waals surface area (Å²) in [6.45, 7) is 2.79. The molecule has 11 nitrogen and oxygen atoms in total. The van der Waals surface area contributed by atoms with Crippen LogP contribution in [0.1, 0.15) is 37.3 Å². The number of carboxylic acid groups (broad SMARTS) is 1. The van der Waals surface area contributed by atoms with E-state index in [1.165, 1.54) is 43.3 Å². The molecular formula is C24H26FN3O8. The molecule has 0 spiro atoms. The van der Waals surface area contributed by atoms with Crippen LogP contribution in [0.3, 0.4) is 0 Å². The molecule has 0 radical (unpaired) electrons. The molecule has 0 bridgehead atoms. The van der Waals surface area contributed by atoms with Crippen molar-refractivity contribution >= 4 is 29.4 Å². The first-order valence-corrected chi connectivity index (χ1v) is 11.0. The van der Waals surface area contributed by atoms with Crippen molar-refractivity contribution < 1.29 is 38.3 Å². The second kappa shape index (κ2) is 12.9. The second-order valence-corrected chi connectivity index (χ2v) is 7.87. The van der Waals surface area contributed by atoms with Gasteiger partial charge in [0.05, 0.1) is 18.0 Å². The minimum absolute atomic E-state index is 0.0399. The first kappa shape index (κ1) is 27.9. The largest absolute Gasteiger partial charge is 0.480 e. The van der Waals surface area contributed by atoms with Crippen molar-refractivity contribution in [2.24, 2.45) is 0 Å². The van der Waals surface area contributed by atoms with Crippen LogP contribution in [0, 0.1) is 15.9 Å². The van der Waals surface area contributed by atoms with E-state index < -0.39 is 58.9 Å². The van der Waals surface area contributed by atoms with Crippen molar-refractivity contribution in [1.29, 1.82) is 0 Å². The topological polar surface area (TPSA) is 165 Å². The van der Waals surface area contributed by atoms with E-state index in [0.717, 1.165) is 12.1 Å². The van der Waals surface area contributed by atoms with E-state index in [1.807, 2.05) is 0 Å². The molecule has 2 aromatic rings. The van der Waals surface area contributed by atoms with Gasteiger partial charge in [0.25, 0.3) is 5.69 Å². The van der Waals surface area contributed by atoms with Gasteiger partial charge >= 0.3 is 11.9 Å². The fraction of sp³-hybridized carbons (Fsp3) is 0.333. The number of non-ortho nitro benzene ring substituents is 1. The molecule has 0 heterocycles. The van der Waals surface area contributed by atoms with E-state index in [1.54, 1.807) is 6.92 Å². The number of nitro benzene ring substituents is 1. The fourth-order valence-electron chi connectivity index (χ4n) is 3.57. The summed E-state index contributed by atoms with van der Waals surface area (Å²) >= 11 is 0. The third-order valence-electron chi connectivity index (χ3n) is 5.24. The van der Waals surface area contributed by atoms with Crippen LogP contribution in [-0.4, -0.2) is 52.5 Å². The number of rotatable bonds is 12. The molecule has 0 unspecified atom stereocenters. The lowest BCUT2D eigenvalue weighted by Crippen LogP contribution is -2.54. The van der Waals surface area contributed by atoms with Crippen molar-refractivity contribution in [3.63, 3.8) is 0 Å². The third-order valence-corrected chi connectivity index (χ3v) is 5.24. The average Bonchev–Trinajstić information content (AvgIpc) is 2.82. The van der Waals surface area contributed by atoms with Gasteiger partial charge in [-0.2, -0.15) is 0 Å². The Morgan fingerprint density at radius 1 is 1.06 bits per heavy atom. The molecule has 192 valence electrons. The standard InChI is InChI=1S/C24H26FN3O8/c1-3-36-21(30)13-19(16-6-10-18(11-7-16)28(34)35)22(24(32)33)27-23(31)20(26-14(2)29)12-15-4-8-17(25)9-5-15/h4-11,19-20,22H,3,12-13H2,1-2H3,(H,26,29)(H,27,31)(H,32,33)/t19-,20-,22+/m0/s1. The highest BCUT2D eigenvalue weighted by Crippen LogP contribution is 2.27. The summed E-state index contributed by atoms with van der Waals surface area (Å²) < 4.78 is 18.2. The zero-order valence-corrected chi connectivity index (χ0v) is 19.6. The average molecular weight is 503 g/mol. The van der Waals surface area contributed by atoms with E-state index >= 15 is 0 Å². The van der Waals surface area contributed by atoms with E-state index in [4.69, 9.17) is 4.74 Å². The Balaban J connectivity index is 2.37. The van der Waals surface area contributed by atoms with Crippen LogP contribution in [0.4, 0.5) is 10.1 Å². The van der Waals surface area contributed by atoms with Crippen LogP contribution in [0.25, 0.3) is 0 Å². The Morgan fingerprint density at radius 3 is 2.17 bits per heavy atom. The highest BCUT2D eigenvalue weighted by Gasteiger charge is 2.35. The van der Waals surface area contributed by atoms with Crippen LogP contribution < -0.4 is 10.6 Å². The second-order valence-electron chi connectivity index (χ2n) is 7.87. The third kappa shape index (κ3) is 8.15. The molecule has 12 heteroatoms. The van der Waals surface area contributed by atoms with Crippen molar-refractivity contribution in [1.82, 2.24) is 10.6 Å². The fourth-order valence-corrected chi connectivity index (χ4v) is 3.57. The molecule has 3 atom stereocenters. The Hall–Kier alpha value is -4.35. The number of esters is 1. The number of nitrogens with one attached hydrogen (secondary N) is 2. The van der Waals surface area contributed by atoms with Gasteiger partial charge in [0, 0.05) is 31.4 Å². The van der Waals surface area contributed by atoms with Gasteiger partial charge in [-0.1, -0.05) is 24.3 Å². The zero-order valence-electron chi connectivity index (χ0n) is 19.6. The first-order valence-electron chi connectivity index (χ1n) is 11.0. The molecule has 0 aliphatic heterocycles. The molecule has 36 heavy (non-hydrogen) atoms. The number of carbonyl (C=O) groups is 4. The summed E-state index contributed by atoms with van der Waals surface area (Å²) in [5.41, 5.74) is 0.515. The molecule has 0 fully saturated rings. The number of benzene rings is 2. The number of amides is 2. The highest BCUT2D eigenvalue weighted by atomic mass is 19.1. The summed E-state index contributed by atoms with van der Waals surface area (Å²) in [4.78, 5) is 59.6. The molecule has 3 N–H and O–H groups in total. The van der Waals surface area contributed by atoms with Crippen LogP contribution in [0.5, 0.6) is 0 Å². The lowest BCUT2D eigenvalue weighted by molar-refractivity contribution is -0.384. The van der Waals surface area contributed by atoms with Gasteiger partial charge < -0.3 is 20.5 Å². The smallest absolute Gasteiger partial charge is 0.326 e. The SMILES string of the molecule is CCOC(=O)C[C@@H](c1ccc([N+](=O)[O-])cc1)[C@@H](NC(=O)[C@H](Cc1ccc(F)cc1)NC(C)=O)C(=O)O. The van der Waals surface area contributed by atoms with Gasteiger partial charge in [-0.05, 0) is 30.2 Å². The normalized spacial score (nSPS) is 13.1. The summed E-state index contributed by atoms with van der Waals surface area (Å²) in [7, 11) is 0. The van der Waals surface area contributed by atoms with Gasteiger partial charge in [0.15, 0.2) is 0 Å². The van der Waals surface area contributed by atoms with Gasteiger partial charge in [0.1, 0.15) is 17.9 Å². The number of aliphatic carboxylic acids is 1. The lowest BCUT2D eigenvalue weighted by atomic mass is 9.88. The summed E-state index contributed by atoms with van der Waals surface area (Å²) in [6, 6.07) is 7.28. The number of ether oxygens (including phenoxy) is 1. The van der Waals surface area contributed by atoms with E-state index in [2.05, 4.69) is 10.6 Å². The van der Waals surface area contributed by atoms with Crippen LogP contribution in [0.15, 0.2) is 48.5 Å². The molecule has 2 rings (SSSR count). The van der Waals surface area contributed by atoms with Crippen molar-refractivity contribution in [2.45, 2.75) is 44.7 Å². The number of nitrogens with zero attached hydrogens (tertiary/aromatic N) is 1. The maximum Gasteiger partial charge on any atom is 0.326 e. The summed E-state index contributed by atoms with van der Waals surface area (Å²) in [5, 5.41) is 25.7. The van der Waals surface area contributed by atoms with Gasteiger partial charge in [0.2, 0.25) is 11.8 Å². The Bertz CT molecular complexity index is 1110. The molecular weight excluding hydrogens is 477 g/mol. The zero-order chi connectivity index (χ0) is 26.8. The van der Waals surface area contributed by atoms with Crippen LogP contribution >= 0.6 is 0 Å². The predicted molar refractivity (Wildman–Crippen MR) is 124 cm³/mol. The van der Waals surface area contributed by atoms with Crippen molar-refractivity contribution in [3.05, 3.63) is 75.6 Å². The van der Waals surface area contributed by atoms with E-state index in [9.17, 15) is 38.8 Å². The number of hydrogen-bond acceptors (Lipinski definition) is 7. The summed E-state index contributed by atoms with van der Waals surface area (Å²) in [5.74, 6) is -5.24. The maximum absolute atomic E-state index is 13.2. The molecule has 0 aliphatic carbocycles. The Labute approximate surface area is 205 Å². The Morgan fingerprint density at radius 2 is 1.67 bits per heavy atom. The lowest BCUT2D eigenvalue weighted by Gasteiger charge is -2.27. The molecule has 2 aromatic carbocycles. The first-order chi connectivity index (χ1) is 17.0. The van der Waals surface area contributed by atoms with Crippen molar-refractivity contribution in [2.75, 3.05) is 6.61 Å². The number of carbonyl (C=O) groups excluding carboxylic acids is 3. The monoisotopic (exact) mass is 503 g/mol. The molecule has 0 saturated carbocycles. The molecule has 0 aliphatic rings. The number of carboxylic acids is 1. The summed E-state index contributed by atoms with van der Waals surface area (Å²) in [6.07, 6.45) is -0.496. The van der Waals surface area contributed by atoms with Gasteiger partial charge in [-0.25, -0.2) is 9.18 Å². The number of halogens is 1. The molecule has 0 saturated heterocycles. The maximum atomic E-state index is 13.2. The van der Waals surface area contributed by atoms with Crippen molar-refractivity contribution in [3.8, 4) is 0 Å². The number of nitro groups is 1.